The molecule has 1 aromatic rings. The molecule has 2 aliphatic carbocycles. The van der Waals surface area contributed by atoms with Gasteiger partial charge in [-0.25, -0.2) is 0 Å². The third-order valence-electron chi connectivity index (χ3n) is 4.37. The molecule has 0 amide bonds. The van der Waals surface area contributed by atoms with E-state index in [1.807, 2.05) is 0 Å². The molecule has 1 heterocycles. The van der Waals surface area contributed by atoms with Crippen molar-refractivity contribution < 1.29 is 13.2 Å². The standard InChI is InChI=1S/C15H15F3N2O/c1-2-10-8-5-9(15(16,17)18)7-14(10,19)11-3-4-13(21)20-12(11)6-8/h2-5,8H,6-7,19H2,1H3,(H,20,21)/b10-2+/t8-,14+/m1/s1. The number of halogens is 3. The van der Waals surface area contributed by atoms with Crippen molar-refractivity contribution in [2.75, 3.05) is 0 Å². The number of hydrogen-bond acceptors (Lipinski definition) is 2. The highest BCUT2D eigenvalue weighted by Crippen LogP contribution is 2.50. The van der Waals surface area contributed by atoms with E-state index in [0.717, 1.165) is 5.57 Å². The van der Waals surface area contributed by atoms with Gasteiger partial charge in [-0.3, -0.25) is 4.79 Å². The minimum absolute atomic E-state index is 0.264. The lowest BCUT2D eigenvalue weighted by atomic mass is 9.63. The number of allylic oxidation sites excluding steroid dienone is 2. The molecule has 2 bridgehead atoms. The van der Waals surface area contributed by atoms with Gasteiger partial charge in [0.25, 0.3) is 0 Å². The largest absolute Gasteiger partial charge is 0.412 e. The molecule has 0 spiro atoms. The van der Waals surface area contributed by atoms with Crippen molar-refractivity contribution in [2.24, 2.45) is 11.7 Å². The number of hydrogen-bond donors (Lipinski definition) is 2. The van der Waals surface area contributed by atoms with E-state index in [1.54, 1.807) is 19.1 Å². The molecule has 2 atom stereocenters. The Morgan fingerprint density at radius 3 is 2.76 bits per heavy atom. The molecule has 3 N–H and O–H groups in total. The topological polar surface area (TPSA) is 58.9 Å². The monoisotopic (exact) mass is 296 g/mol. The van der Waals surface area contributed by atoms with Crippen LogP contribution in [-0.2, 0) is 12.0 Å². The van der Waals surface area contributed by atoms with Crippen LogP contribution in [0.15, 0.2) is 40.2 Å². The van der Waals surface area contributed by atoms with Gasteiger partial charge in [0.1, 0.15) is 0 Å². The zero-order valence-electron chi connectivity index (χ0n) is 11.4. The van der Waals surface area contributed by atoms with E-state index >= 15 is 0 Å². The number of pyridine rings is 1. The van der Waals surface area contributed by atoms with Crippen LogP contribution in [0.5, 0.6) is 0 Å². The number of fused-ring (bicyclic) bond motifs is 4. The Morgan fingerprint density at radius 2 is 2.14 bits per heavy atom. The van der Waals surface area contributed by atoms with Crippen LogP contribution >= 0.6 is 0 Å². The third-order valence-corrected chi connectivity index (χ3v) is 4.37. The number of aromatic nitrogens is 1. The molecule has 3 rings (SSSR count). The maximum atomic E-state index is 13.1. The van der Waals surface area contributed by atoms with Crippen molar-refractivity contribution in [3.05, 3.63) is 57.0 Å². The summed E-state index contributed by atoms with van der Waals surface area (Å²) in [5, 5.41) is 0. The summed E-state index contributed by atoms with van der Waals surface area (Å²) >= 11 is 0. The molecule has 0 saturated carbocycles. The second-order valence-electron chi connectivity index (χ2n) is 5.61. The number of alkyl halides is 3. The van der Waals surface area contributed by atoms with Gasteiger partial charge in [-0.1, -0.05) is 12.2 Å². The summed E-state index contributed by atoms with van der Waals surface area (Å²) in [6, 6.07) is 2.86. The first-order chi connectivity index (χ1) is 9.75. The van der Waals surface area contributed by atoms with Crippen LogP contribution in [0.2, 0.25) is 0 Å². The molecule has 112 valence electrons. The summed E-state index contributed by atoms with van der Waals surface area (Å²) in [4.78, 5) is 14.1. The normalized spacial score (nSPS) is 30.0. The molecule has 0 saturated heterocycles. The molecular weight excluding hydrogens is 281 g/mol. The highest BCUT2D eigenvalue weighted by atomic mass is 19.4. The predicted octanol–water partition coefficient (Wildman–Crippen LogP) is 2.54. The average molecular weight is 296 g/mol. The first-order valence-electron chi connectivity index (χ1n) is 6.72. The minimum Gasteiger partial charge on any atom is -0.326 e. The summed E-state index contributed by atoms with van der Waals surface area (Å²) < 4.78 is 39.3. The summed E-state index contributed by atoms with van der Waals surface area (Å²) in [5.74, 6) is -0.420. The minimum atomic E-state index is -4.37. The van der Waals surface area contributed by atoms with E-state index in [-0.39, 0.29) is 12.0 Å². The van der Waals surface area contributed by atoms with Crippen LogP contribution < -0.4 is 11.3 Å². The van der Waals surface area contributed by atoms with E-state index in [1.165, 1.54) is 12.1 Å². The number of nitrogens with two attached hydrogens (primary N) is 1. The Morgan fingerprint density at radius 1 is 1.43 bits per heavy atom. The number of H-pyrrole nitrogens is 1. The van der Waals surface area contributed by atoms with Crippen LogP contribution in [0.4, 0.5) is 13.2 Å². The lowest BCUT2D eigenvalue weighted by molar-refractivity contribution is -0.0970. The number of aromatic amines is 1. The maximum absolute atomic E-state index is 13.1. The van der Waals surface area contributed by atoms with Gasteiger partial charge in [0.15, 0.2) is 0 Å². The first-order valence-corrected chi connectivity index (χ1v) is 6.72. The van der Waals surface area contributed by atoms with Crippen molar-refractivity contribution in [3.8, 4) is 0 Å². The number of nitrogens with one attached hydrogen (secondary N) is 1. The quantitative estimate of drug-likeness (QED) is 0.723. The molecule has 6 heteroatoms. The SMILES string of the molecule is C/C=C1\[C@@H]2C=C(C(F)(F)F)C[C@@]1(N)c1ccc(=O)[nH]c1C2. The molecule has 2 aliphatic rings. The Balaban J connectivity index is 2.22. The van der Waals surface area contributed by atoms with E-state index in [4.69, 9.17) is 5.73 Å². The molecule has 0 radical (unpaired) electrons. The zero-order valence-corrected chi connectivity index (χ0v) is 11.4. The van der Waals surface area contributed by atoms with Gasteiger partial charge < -0.3 is 10.7 Å². The van der Waals surface area contributed by atoms with Gasteiger partial charge in [-0.2, -0.15) is 13.2 Å². The molecule has 0 aromatic carbocycles. The van der Waals surface area contributed by atoms with E-state index in [2.05, 4.69) is 4.98 Å². The fourth-order valence-corrected chi connectivity index (χ4v) is 3.53. The van der Waals surface area contributed by atoms with E-state index < -0.39 is 23.2 Å². The van der Waals surface area contributed by atoms with Gasteiger partial charge in [0.05, 0.1) is 5.54 Å². The van der Waals surface area contributed by atoms with Crippen LogP contribution in [0.3, 0.4) is 0 Å². The van der Waals surface area contributed by atoms with Crippen molar-refractivity contribution in [2.45, 2.75) is 31.5 Å². The Bertz CT molecular complexity index is 714. The van der Waals surface area contributed by atoms with E-state index in [9.17, 15) is 18.0 Å². The molecular formula is C15H15F3N2O. The van der Waals surface area contributed by atoms with E-state index in [0.29, 0.717) is 17.7 Å². The molecule has 0 unspecified atom stereocenters. The van der Waals surface area contributed by atoms with Crippen LogP contribution in [0.25, 0.3) is 0 Å². The molecule has 0 aliphatic heterocycles. The van der Waals surface area contributed by atoms with Gasteiger partial charge in [0.2, 0.25) is 5.56 Å². The summed E-state index contributed by atoms with van der Waals surface area (Å²) in [6.07, 6.45) is -1.30. The first kappa shape index (κ1) is 14.1. The van der Waals surface area contributed by atoms with Crippen molar-refractivity contribution >= 4 is 0 Å². The molecule has 3 nitrogen and oxygen atoms in total. The fourth-order valence-electron chi connectivity index (χ4n) is 3.53. The number of rotatable bonds is 0. The second kappa shape index (κ2) is 4.34. The summed E-state index contributed by atoms with van der Waals surface area (Å²) in [5.41, 5.74) is 6.33. The molecule has 1 aromatic heterocycles. The third kappa shape index (κ3) is 2.05. The lowest BCUT2D eigenvalue weighted by Crippen LogP contribution is -2.49. The highest BCUT2D eigenvalue weighted by Gasteiger charge is 2.49. The highest BCUT2D eigenvalue weighted by molar-refractivity contribution is 5.49. The Kier molecular flexibility index (Phi) is 2.92. The molecule has 21 heavy (non-hydrogen) atoms. The predicted molar refractivity (Wildman–Crippen MR) is 72.6 cm³/mol. The van der Waals surface area contributed by atoms with Gasteiger partial charge in [-0.05, 0) is 30.5 Å². The van der Waals surface area contributed by atoms with Crippen molar-refractivity contribution in [1.29, 1.82) is 0 Å². The average Bonchev–Trinajstić information content (AvgIpc) is 2.35. The summed E-state index contributed by atoms with van der Waals surface area (Å²) in [7, 11) is 0. The van der Waals surface area contributed by atoms with Gasteiger partial charge in [-0.15, -0.1) is 0 Å². The van der Waals surface area contributed by atoms with Crippen LogP contribution in [0.1, 0.15) is 24.6 Å². The fraction of sp³-hybridized carbons (Fsp3) is 0.400. The Hall–Kier alpha value is -1.82. The maximum Gasteiger partial charge on any atom is 0.412 e. The van der Waals surface area contributed by atoms with Crippen LogP contribution in [0, 0.1) is 5.92 Å². The Labute approximate surface area is 119 Å². The van der Waals surface area contributed by atoms with Crippen molar-refractivity contribution in [1.82, 2.24) is 4.98 Å². The zero-order chi connectivity index (χ0) is 15.4. The second-order valence-corrected chi connectivity index (χ2v) is 5.61. The summed E-state index contributed by atoms with van der Waals surface area (Å²) in [6.45, 7) is 1.78. The molecule has 0 fully saturated rings. The smallest absolute Gasteiger partial charge is 0.326 e. The van der Waals surface area contributed by atoms with Gasteiger partial charge in [0, 0.05) is 29.7 Å². The van der Waals surface area contributed by atoms with Crippen molar-refractivity contribution in [3.63, 3.8) is 0 Å². The van der Waals surface area contributed by atoms with Gasteiger partial charge >= 0.3 is 6.18 Å². The van der Waals surface area contributed by atoms with Crippen LogP contribution in [-0.4, -0.2) is 11.2 Å². The lowest BCUT2D eigenvalue weighted by Gasteiger charge is -2.45.